The number of allylic oxidation sites excluding steroid dienone is 2. The first-order chi connectivity index (χ1) is 16.2. The second kappa shape index (κ2) is 9.03. The number of furan rings is 1. The SMILES string of the molecule is CC(=O)/C=C(/C)O.Cc1ccc2c3c1oc1cc[c-]c(c13)-c1nc3ccccc3nc1C2(C)C.[Ir]. The fourth-order valence-corrected chi connectivity index (χ4v) is 4.73. The van der Waals surface area contributed by atoms with E-state index < -0.39 is 0 Å². The molecule has 179 valence electrons. The van der Waals surface area contributed by atoms with E-state index in [0.717, 1.165) is 50.1 Å². The van der Waals surface area contributed by atoms with Crippen molar-refractivity contribution in [1.82, 2.24) is 9.97 Å². The summed E-state index contributed by atoms with van der Waals surface area (Å²) >= 11 is 0. The minimum Gasteiger partial charge on any atom is -0.512 e. The zero-order valence-electron chi connectivity index (χ0n) is 20.2. The van der Waals surface area contributed by atoms with Gasteiger partial charge in [0.05, 0.1) is 22.4 Å². The predicted octanol–water partition coefficient (Wildman–Crippen LogP) is 6.98. The summed E-state index contributed by atoms with van der Waals surface area (Å²) in [5.74, 6) is -0.0625. The van der Waals surface area contributed by atoms with Crippen LogP contribution in [0.3, 0.4) is 0 Å². The van der Waals surface area contributed by atoms with Gasteiger partial charge in [0.2, 0.25) is 0 Å². The summed E-state index contributed by atoms with van der Waals surface area (Å²) < 4.78 is 6.27. The molecule has 5 aromatic rings. The van der Waals surface area contributed by atoms with Crippen LogP contribution in [-0.2, 0) is 30.3 Å². The number of hydrogen-bond acceptors (Lipinski definition) is 5. The number of aliphatic hydroxyl groups is 1. The molecule has 0 amide bonds. The molecule has 0 fully saturated rings. The maximum Gasteiger partial charge on any atom is 0.155 e. The fraction of sp³-hybridized carbons (Fsp3) is 0.207. The maximum absolute atomic E-state index is 10.0. The average Bonchev–Trinajstić information content (AvgIpc) is 3.15. The summed E-state index contributed by atoms with van der Waals surface area (Å²) in [5, 5.41) is 10.6. The van der Waals surface area contributed by atoms with E-state index >= 15 is 0 Å². The van der Waals surface area contributed by atoms with Crippen LogP contribution in [0, 0.1) is 13.0 Å². The second-order valence-corrected chi connectivity index (χ2v) is 9.26. The van der Waals surface area contributed by atoms with Crippen LogP contribution in [0.15, 0.2) is 64.8 Å². The minimum absolute atomic E-state index is 0. The number of aromatic nitrogens is 2. The van der Waals surface area contributed by atoms with Gasteiger partial charge < -0.3 is 9.52 Å². The van der Waals surface area contributed by atoms with Crippen molar-refractivity contribution in [2.75, 3.05) is 0 Å². The van der Waals surface area contributed by atoms with Crippen molar-refractivity contribution in [3.8, 4) is 11.3 Å². The number of carbonyl (C=O) groups is 1. The van der Waals surface area contributed by atoms with E-state index in [-0.39, 0.29) is 37.1 Å². The van der Waals surface area contributed by atoms with Crippen LogP contribution in [0.5, 0.6) is 0 Å². The van der Waals surface area contributed by atoms with Gasteiger partial charge in [-0.2, -0.15) is 0 Å². The van der Waals surface area contributed by atoms with Crippen LogP contribution in [0.2, 0.25) is 0 Å². The van der Waals surface area contributed by atoms with Gasteiger partial charge in [-0.25, -0.2) is 0 Å². The van der Waals surface area contributed by atoms with Crippen molar-refractivity contribution < 1.29 is 34.4 Å². The topological polar surface area (TPSA) is 76.2 Å². The smallest absolute Gasteiger partial charge is 0.155 e. The molecule has 1 radical (unpaired) electrons. The Bertz CT molecular complexity index is 1640. The first kappa shape index (κ1) is 24.8. The summed E-state index contributed by atoms with van der Waals surface area (Å²) in [6.45, 7) is 9.40. The van der Waals surface area contributed by atoms with Gasteiger partial charge in [0.15, 0.2) is 5.78 Å². The molecular formula is C29H25IrN2O3-. The molecule has 1 aliphatic rings. The predicted molar refractivity (Wildman–Crippen MR) is 135 cm³/mol. The Morgan fingerprint density at radius 1 is 1.03 bits per heavy atom. The van der Waals surface area contributed by atoms with Crippen LogP contribution in [0.25, 0.3) is 44.2 Å². The van der Waals surface area contributed by atoms with Crippen molar-refractivity contribution >= 4 is 38.8 Å². The molecule has 35 heavy (non-hydrogen) atoms. The van der Waals surface area contributed by atoms with Crippen molar-refractivity contribution in [3.63, 3.8) is 0 Å². The third-order valence-electron chi connectivity index (χ3n) is 6.26. The number of fused-ring (bicyclic) bond motifs is 3. The van der Waals surface area contributed by atoms with Crippen molar-refractivity contribution in [3.05, 3.63) is 83.3 Å². The molecule has 6 rings (SSSR count). The van der Waals surface area contributed by atoms with Gasteiger partial charge in [-0.3, -0.25) is 14.8 Å². The first-order valence-electron chi connectivity index (χ1n) is 11.2. The van der Waals surface area contributed by atoms with Crippen molar-refractivity contribution in [2.24, 2.45) is 0 Å². The Kier molecular flexibility index (Phi) is 6.39. The third-order valence-corrected chi connectivity index (χ3v) is 6.26. The summed E-state index contributed by atoms with van der Waals surface area (Å²) in [6.07, 6.45) is 1.17. The van der Waals surface area contributed by atoms with Crippen molar-refractivity contribution in [2.45, 2.75) is 40.0 Å². The maximum atomic E-state index is 10.0. The molecule has 0 aliphatic heterocycles. The molecule has 5 nitrogen and oxygen atoms in total. The van der Waals surface area contributed by atoms with E-state index in [0.29, 0.717) is 0 Å². The van der Waals surface area contributed by atoms with Gasteiger partial charge in [-0.15, -0.1) is 17.7 Å². The van der Waals surface area contributed by atoms with E-state index in [1.54, 1.807) is 0 Å². The monoisotopic (exact) mass is 642 g/mol. The quantitative estimate of drug-likeness (QED) is 0.122. The summed E-state index contributed by atoms with van der Waals surface area (Å²) in [5.41, 5.74) is 8.60. The van der Waals surface area contributed by atoms with Gasteiger partial charge in [0.25, 0.3) is 0 Å². The zero-order chi connectivity index (χ0) is 24.2. The van der Waals surface area contributed by atoms with E-state index in [9.17, 15) is 4.79 Å². The van der Waals surface area contributed by atoms with E-state index in [4.69, 9.17) is 19.5 Å². The molecule has 1 N–H and O–H groups in total. The Balaban J connectivity index is 0.000000320. The van der Waals surface area contributed by atoms with Crippen LogP contribution < -0.4 is 0 Å². The Hall–Kier alpha value is -3.34. The molecule has 0 atom stereocenters. The van der Waals surface area contributed by atoms with E-state index in [1.165, 1.54) is 30.9 Å². The van der Waals surface area contributed by atoms with Crippen molar-refractivity contribution in [1.29, 1.82) is 0 Å². The number of nitrogens with zero attached hydrogens (tertiary/aromatic N) is 2. The number of benzene rings is 3. The standard InChI is InChI=1S/C24H17N2O.C5H8O2.Ir/c1-13-11-12-15-20-19-14(7-6-10-18(19)27-22(13)20)21-23(24(15,2)3)26-17-9-5-4-8-16(17)25-21;1-4(6)3-5(2)7;/h4-6,8-12H,1-3H3;3,6H,1-2H3;/q-1;;/b;4-3-;. The summed E-state index contributed by atoms with van der Waals surface area (Å²) in [7, 11) is 0. The Labute approximate surface area is 217 Å². The number of aliphatic hydroxyl groups excluding tert-OH is 1. The normalized spacial score (nSPS) is 13.7. The summed E-state index contributed by atoms with van der Waals surface area (Å²) in [4.78, 5) is 20.1. The molecule has 2 heterocycles. The Morgan fingerprint density at radius 2 is 1.71 bits per heavy atom. The third kappa shape index (κ3) is 4.07. The number of ketones is 1. The molecule has 3 aromatic carbocycles. The van der Waals surface area contributed by atoms with Gasteiger partial charge in [-0.05, 0) is 49.4 Å². The number of aryl methyl sites for hydroxylation is 1. The van der Waals surface area contributed by atoms with Crippen LogP contribution in [0.4, 0.5) is 0 Å². The van der Waals surface area contributed by atoms with Crippen LogP contribution >= 0.6 is 0 Å². The summed E-state index contributed by atoms with van der Waals surface area (Å²) in [6, 6.07) is 19.8. The zero-order valence-corrected chi connectivity index (χ0v) is 22.6. The molecule has 0 bridgehead atoms. The van der Waals surface area contributed by atoms with Gasteiger partial charge in [0.1, 0.15) is 5.58 Å². The van der Waals surface area contributed by atoms with Gasteiger partial charge >= 0.3 is 0 Å². The molecule has 0 saturated carbocycles. The van der Waals surface area contributed by atoms with Crippen LogP contribution in [0.1, 0.15) is 44.5 Å². The first-order valence-corrected chi connectivity index (χ1v) is 11.2. The molecule has 0 spiro atoms. The fourth-order valence-electron chi connectivity index (χ4n) is 4.73. The second-order valence-electron chi connectivity index (χ2n) is 9.26. The minimum atomic E-state index is -0.304. The Morgan fingerprint density at radius 3 is 2.34 bits per heavy atom. The van der Waals surface area contributed by atoms with E-state index in [1.807, 2.05) is 36.4 Å². The molecule has 1 aliphatic carbocycles. The number of rotatable bonds is 1. The molecule has 2 aromatic heterocycles. The van der Waals surface area contributed by atoms with Crippen LogP contribution in [-0.4, -0.2) is 20.9 Å². The van der Waals surface area contributed by atoms with Gasteiger partial charge in [-0.1, -0.05) is 49.6 Å². The molecule has 0 saturated heterocycles. The van der Waals surface area contributed by atoms with Gasteiger partial charge in [0, 0.05) is 43.0 Å². The average molecular weight is 642 g/mol. The number of carbonyl (C=O) groups excluding carboxylic acids is 1. The molecule has 0 unspecified atom stereocenters. The number of para-hydroxylation sites is 2. The van der Waals surface area contributed by atoms with E-state index in [2.05, 4.69) is 39.0 Å². The largest absolute Gasteiger partial charge is 0.512 e. The molecular weight excluding hydrogens is 617 g/mol. The number of hydrogen-bond donors (Lipinski definition) is 1. The molecule has 6 heteroatoms.